The van der Waals surface area contributed by atoms with E-state index in [9.17, 15) is 4.79 Å². The van der Waals surface area contributed by atoms with E-state index in [1.54, 1.807) is 14.2 Å². The third kappa shape index (κ3) is 9.07. The molecule has 2 saturated heterocycles. The molecule has 5 aromatic rings. The SMILES string of the molecule is COc1ccc(CN(Cc2ccc(OC)cc2)c2ncc(-c3nc(N4CCOCC4)nc4c3CCN4C(=S)Nc3cc(C(=O)N4CCN(C)CC4)ccc3C)cn2)cc1. The van der Waals surface area contributed by atoms with E-state index in [0.29, 0.717) is 88.0 Å². The van der Waals surface area contributed by atoms with Crippen LogP contribution in [0, 0.1) is 6.92 Å². The van der Waals surface area contributed by atoms with Gasteiger partial charge in [-0.1, -0.05) is 30.3 Å². The molecule has 15 heteroatoms. The van der Waals surface area contributed by atoms with Crippen LogP contribution in [-0.2, 0) is 24.2 Å². The van der Waals surface area contributed by atoms with E-state index in [0.717, 1.165) is 69.6 Å². The number of rotatable bonds is 11. The molecule has 0 unspecified atom stereocenters. The summed E-state index contributed by atoms with van der Waals surface area (Å²) in [5, 5.41) is 3.98. The van der Waals surface area contributed by atoms with Crippen LogP contribution in [0.3, 0.4) is 0 Å². The second-order valence-electron chi connectivity index (χ2n) is 15.1. The Morgan fingerprint density at radius 3 is 2.07 bits per heavy atom. The van der Waals surface area contributed by atoms with Gasteiger partial charge in [0.25, 0.3) is 5.91 Å². The number of morpholine rings is 1. The summed E-state index contributed by atoms with van der Waals surface area (Å²) in [6, 6.07) is 21.9. The van der Waals surface area contributed by atoms with Gasteiger partial charge in [0.1, 0.15) is 17.3 Å². The van der Waals surface area contributed by atoms with E-state index in [1.807, 2.05) is 71.6 Å². The summed E-state index contributed by atoms with van der Waals surface area (Å²) >= 11 is 6.10. The Morgan fingerprint density at radius 2 is 1.46 bits per heavy atom. The molecule has 0 radical (unpaired) electrons. The predicted octanol–water partition coefficient (Wildman–Crippen LogP) is 5.45. The van der Waals surface area contributed by atoms with Gasteiger partial charge in [-0.05, 0) is 85.7 Å². The van der Waals surface area contributed by atoms with E-state index in [4.69, 9.17) is 46.4 Å². The molecule has 3 aliphatic rings. The number of methoxy groups -OCH3 is 2. The van der Waals surface area contributed by atoms with Crippen LogP contribution >= 0.6 is 12.2 Å². The number of fused-ring (bicyclic) bond motifs is 1. The average Bonchev–Trinajstić information content (AvgIpc) is 3.72. The van der Waals surface area contributed by atoms with Crippen LogP contribution in [0.1, 0.15) is 32.6 Å². The molecule has 0 saturated carbocycles. The molecule has 1 amide bonds. The van der Waals surface area contributed by atoms with Gasteiger partial charge >= 0.3 is 0 Å². The van der Waals surface area contributed by atoms with Crippen molar-refractivity contribution in [2.24, 2.45) is 0 Å². The maximum absolute atomic E-state index is 13.5. The molecule has 14 nitrogen and oxygen atoms in total. The zero-order valence-electron chi connectivity index (χ0n) is 34.1. The summed E-state index contributed by atoms with van der Waals surface area (Å²) in [7, 11) is 5.42. The van der Waals surface area contributed by atoms with E-state index >= 15 is 0 Å². The van der Waals surface area contributed by atoms with Gasteiger partial charge in [0, 0.05) is 93.7 Å². The first-order chi connectivity index (χ1) is 28.8. The van der Waals surface area contributed by atoms with Gasteiger partial charge in [0.15, 0.2) is 5.11 Å². The van der Waals surface area contributed by atoms with Crippen molar-refractivity contribution in [3.63, 3.8) is 0 Å². The van der Waals surface area contributed by atoms with Crippen molar-refractivity contribution >= 4 is 46.6 Å². The lowest BCUT2D eigenvalue weighted by atomic mass is 10.1. The number of hydrogen-bond donors (Lipinski definition) is 1. The van der Waals surface area contributed by atoms with Crippen molar-refractivity contribution in [2.45, 2.75) is 26.4 Å². The molecule has 0 aliphatic carbocycles. The molecule has 2 aromatic heterocycles. The predicted molar refractivity (Wildman–Crippen MR) is 234 cm³/mol. The number of ether oxygens (including phenoxy) is 3. The molecule has 0 bridgehead atoms. The summed E-state index contributed by atoms with van der Waals surface area (Å²) in [4.78, 5) is 44.2. The quantitative estimate of drug-likeness (QED) is 0.170. The first-order valence-electron chi connectivity index (χ1n) is 20.0. The molecule has 3 aromatic carbocycles. The molecule has 8 rings (SSSR count). The monoisotopic (exact) mass is 814 g/mol. The lowest BCUT2D eigenvalue weighted by Gasteiger charge is -2.32. The highest BCUT2D eigenvalue weighted by molar-refractivity contribution is 7.80. The number of likely N-dealkylation sites (N-methyl/N-ethyl adjacent to an activating group) is 1. The second-order valence-corrected chi connectivity index (χ2v) is 15.4. The Balaban J connectivity index is 1.08. The minimum absolute atomic E-state index is 0.0314. The summed E-state index contributed by atoms with van der Waals surface area (Å²) in [6.45, 7) is 9.50. The number of nitrogens with one attached hydrogen (secondary N) is 1. The molecule has 306 valence electrons. The smallest absolute Gasteiger partial charge is 0.254 e. The molecule has 0 spiro atoms. The zero-order chi connectivity index (χ0) is 40.9. The lowest BCUT2D eigenvalue weighted by molar-refractivity contribution is 0.0664. The number of aromatic nitrogens is 4. The highest BCUT2D eigenvalue weighted by Gasteiger charge is 2.31. The molecular weight excluding hydrogens is 765 g/mol. The first kappa shape index (κ1) is 39.9. The minimum atomic E-state index is 0.0314. The van der Waals surface area contributed by atoms with Crippen molar-refractivity contribution in [1.29, 1.82) is 0 Å². The molecule has 2 fully saturated rings. The summed E-state index contributed by atoms with van der Waals surface area (Å²) in [5.41, 5.74) is 7.18. The van der Waals surface area contributed by atoms with Crippen LogP contribution in [0.5, 0.6) is 11.5 Å². The van der Waals surface area contributed by atoms with Gasteiger partial charge in [-0.3, -0.25) is 4.79 Å². The maximum Gasteiger partial charge on any atom is 0.254 e. The largest absolute Gasteiger partial charge is 0.497 e. The van der Waals surface area contributed by atoms with Crippen molar-refractivity contribution < 1.29 is 19.0 Å². The number of aryl methyl sites for hydroxylation is 1. The fraction of sp³-hybridized carbons (Fsp3) is 0.364. The Kier molecular flexibility index (Phi) is 12.1. The van der Waals surface area contributed by atoms with Crippen LogP contribution in [0.15, 0.2) is 79.1 Å². The fourth-order valence-electron chi connectivity index (χ4n) is 7.56. The highest BCUT2D eigenvalue weighted by atomic mass is 32.1. The molecule has 1 N–H and O–H groups in total. The van der Waals surface area contributed by atoms with Crippen LogP contribution < -0.4 is 29.5 Å². The molecule has 0 atom stereocenters. The Bertz CT molecular complexity index is 2210. The third-order valence-corrected chi connectivity index (χ3v) is 11.5. The number of nitrogens with zero attached hydrogens (tertiary/aromatic N) is 9. The topological polar surface area (TPSA) is 125 Å². The number of thiocarbonyl (C=S) groups is 1. The second kappa shape index (κ2) is 17.9. The van der Waals surface area contributed by atoms with Crippen molar-refractivity contribution in [3.05, 3.63) is 107 Å². The normalized spacial score (nSPS) is 15.5. The fourth-order valence-corrected chi connectivity index (χ4v) is 7.84. The van der Waals surface area contributed by atoms with E-state index in [2.05, 4.69) is 51.3 Å². The number of carbonyl (C=O) groups excluding carboxylic acids is 1. The summed E-state index contributed by atoms with van der Waals surface area (Å²) in [6.07, 6.45) is 4.39. The van der Waals surface area contributed by atoms with Gasteiger partial charge in [-0.15, -0.1) is 0 Å². The Labute approximate surface area is 350 Å². The standard InChI is InChI=1S/C44H50N10O4S/c1-30-5-10-33(41(55)51-19-17-50(2)18-20-51)25-38(30)47-44(59)54-16-15-37-39(48-43(49-40(37)54)52-21-23-58-24-22-52)34-26-45-42(46-27-34)53(28-31-6-11-35(56-3)12-7-31)29-32-8-13-36(57-4)14-9-32/h5-14,25-27H,15-24,28-29H2,1-4H3,(H,47,59). The van der Waals surface area contributed by atoms with E-state index < -0.39 is 0 Å². The van der Waals surface area contributed by atoms with Crippen LogP contribution in [0.25, 0.3) is 11.3 Å². The number of piperazine rings is 1. The number of amides is 1. The van der Waals surface area contributed by atoms with Gasteiger partial charge in [-0.25, -0.2) is 15.0 Å². The Hall–Kier alpha value is -5.90. The summed E-state index contributed by atoms with van der Waals surface area (Å²) in [5.74, 6) is 3.59. The lowest BCUT2D eigenvalue weighted by Crippen LogP contribution is -2.47. The maximum atomic E-state index is 13.5. The van der Waals surface area contributed by atoms with Crippen LogP contribution in [0.4, 0.5) is 23.4 Å². The van der Waals surface area contributed by atoms with E-state index in [1.165, 1.54) is 0 Å². The van der Waals surface area contributed by atoms with Gasteiger partial charge in [-0.2, -0.15) is 4.98 Å². The van der Waals surface area contributed by atoms with E-state index in [-0.39, 0.29) is 5.91 Å². The van der Waals surface area contributed by atoms with Crippen molar-refractivity contribution in [2.75, 3.05) is 100 Å². The number of hydrogen-bond acceptors (Lipinski definition) is 12. The molecular formula is C44H50N10O4S. The van der Waals surface area contributed by atoms with Gasteiger partial charge in [0.2, 0.25) is 11.9 Å². The number of benzene rings is 3. The first-order valence-corrected chi connectivity index (χ1v) is 20.4. The zero-order valence-corrected chi connectivity index (χ0v) is 34.9. The Morgan fingerprint density at radius 1 is 0.831 bits per heavy atom. The minimum Gasteiger partial charge on any atom is -0.497 e. The van der Waals surface area contributed by atoms with Crippen LogP contribution in [-0.4, -0.2) is 121 Å². The molecule has 59 heavy (non-hydrogen) atoms. The number of anilines is 4. The third-order valence-electron chi connectivity index (χ3n) is 11.1. The van der Waals surface area contributed by atoms with Crippen molar-refractivity contribution in [3.8, 4) is 22.8 Å². The van der Waals surface area contributed by atoms with Gasteiger partial charge < -0.3 is 44.0 Å². The molecule has 5 heterocycles. The van der Waals surface area contributed by atoms with Gasteiger partial charge in [0.05, 0.1) is 33.1 Å². The summed E-state index contributed by atoms with van der Waals surface area (Å²) < 4.78 is 16.5. The average molecular weight is 815 g/mol. The van der Waals surface area contributed by atoms with Crippen LogP contribution in [0.2, 0.25) is 0 Å². The molecule has 3 aliphatic heterocycles. The highest BCUT2D eigenvalue weighted by Crippen LogP contribution is 2.36. The number of carbonyl (C=O) groups is 1. The van der Waals surface area contributed by atoms with Crippen molar-refractivity contribution in [1.82, 2.24) is 29.7 Å².